The van der Waals surface area contributed by atoms with Crippen molar-refractivity contribution in [2.45, 2.75) is 25.5 Å². The highest BCUT2D eigenvalue weighted by Gasteiger charge is 2.15. The van der Waals surface area contributed by atoms with Crippen LogP contribution >= 0.6 is 0 Å². The molecule has 0 radical (unpaired) electrons. The van der Waals surface area contributed by atoms with Crippen LogP contribution in [0.15, 0.2) is 30.9 Å². The summed E-state index contributed by atoms with van der Waals surface area (Å²) in [6.07, 6.45) is 4.97. The molecule has 0 spiro atoms. The molecule has 1 amide bonds. The van der Waals surface area contributed by atoms with Crippen molar-refractivity contribution in [2.24, 2.45) is 0 Å². The number of hydrogen-bond acceptors (Lipinski definition) is 5. The van der Waals surface area contributed by atoms with Crippen molar-refractivity contribution in [1.82, 2.24) is 14.8 Å². The fourth-order valence-electron chi connectivity index (χ4n) is 2.43. The maximum Gasteiger partial charge on any atom is 0.246 e. The Morgan fingerprint density at radius 3 is 3.09 bits per heavy atom. The smallest absolute Gasteiger partial charge is 0.246 e. The fraction of sp³-hybridized carbons (Fsp3) is 0.400. The summed E-state index contributed by atoms with van der Waals surface area (Å²) in [4.78, 5) is 15.6. The summed E-state index contributed by atoms with van der Waals surface area (Å²) in [7, 11) is 0. The van der Waals surface area contributed by atoms with Crippen LogP contribution in [0.5, 0.6) is 0 Å². The Kier molecular flexibility index (Phi) is 4.82. The Labute approximate surface area is 132 Å². The Morgan fingerprint density at radius 2 is 2.39 bits per heavy atom. The third-order valence-electron chi connectivity index (χ3n) is 3.57. The molecule has 0 aliphatic carbocycles. The zero-order valence-electron chi connectivity index (χ0n) is 12.5. The van der Waals surface area contributed by atoms with Gasteiger partial charge >= 0.3 is 0 Å². The molecule has 1 fully saturated rings. The number of anilines is 2. The second-order valence-electron chi connectivity index (χ2n) is 5.35. The van der Waals surface area contributed by atoms with Crippen LogP contribution in [0.3, 0.4) is 0 Å². The Hall–Kier alpha value is -2.48. The van der Waals surface area contributed by atoms with Gasteiger partial charge in [0.15, 0.2) is 0 Å². The lowest BCUT2D eigenvalue weighted by molar-refractivity contribution is -0.116. The number of aromatic nitrogens is 3. The van der Waals surface area contributed by atoms with Gasteiger partial charge in [0.25, 0.3) is 0 Å². The number of carbonyl (C=O) groups is 1. The summed E-state index contributed by atoms with van der Waals surface area (Å²) in [5.74, 6) is -0.712. The predicted octanol–water partition coefficient (Wildman–Crippen LogP) is 1.65. The van der Waals surface area contributed by atoms with E-state index in [1.54, 1.807) is 12.1 Å². The predicted molar refractivity (Wildman–Crippen MR) is 82.5 cm³/mol. The molecule has 1 aromatic carbocycles. The van der Waals surface area contributed by atoms with Crippen molar-refractivity contribution < 1.29 is 13.9 Å². The molecule has 1 aliphatic rings. The lowest BCUT2D eigenvalue weighted by Gasteiger charge is -2.13. The standard InChI is InChI=1S/C15H18FN5O2/c16-13-6-11(20-15(22)8-21-10-17-9-19-21)3-4-14(13)18-7-12-2-1-5-23-12/h3-4,6,9-10,12,18H,1-2,5,7-8H2,(H,20,22)/t12-/m1/s1. The van der Waals surface area contributed by atoms with E-state index in [4.69, 9.17) is 4.74 Å². The molecule has 122 valence electrons. The number of amides is 1. The summed E-state index contributed by atoms with van der Waals surface area (Å²) >= 11 is 0. The first-order chi connectivity index (χ1) is 11.2. The summed E-state index contributed by atoms with van der Waals surface area (Å²) in [6, 6.07) is 4.55. The normalized spacial score (nSPS) is 17.2. The number of rotatable bonds is 6. The molecule has 1 aromatic heterocycles. The molecule has 1 atom stereocenters. The van der Waals surface area contributed by atoms with Crippen LogP contribution < -0.4 is 10.6 Å². The van der Waals surface area contributed by atoms with Crippen molar-refractivity contribution in [3.8, 4) is 0 Å². The van der Waals surface area contributed by atoms with Crippen LogP contribution in [0.2, 0.25) is 0 Å². The minimum absolute atomic E-state index is 0.0284. The van der Waals surface area contributed by atoms with E-state index in [1.165, 1.54) is 23.4 Å². The van der Waals surface area contributed by atoms with E-state index in [9.17, 15) is 9.18 Å². The summed E-state index contributed by atoms with van der Waals surface area (Å²) in [5.41, 5.74) is 0.796. The molecule has 3 rings (SSSR count). The summed E-state index contributed by atoms with van der Waals surface area (Å²) in [6.45, 7) is 1.38. The zero-order chi connectivity index (χ0) is 16.1. The van der Waals surface area contributed by atoms with Gasteiger partial charge in [0.1, 0.15) is 25.0 Å². The van der Waals surface area contributed by atoms with Crippen molar-refractivity contribution in [2.75, 3.05) is 23.8 Å². The first-order valence-corrected chi connectivity index (χ1v) is 7.48. The molecule has 0 unspecified atom stereocenters. The van der Waals surface area contributed by atoms with E-state index in [1.807, 2.05) is 0 Å². The van der Waals surface area contributed by atoms with E-state index in [-0.39, 0.29) is 18.6 Å². The largest absolute Gasteiger partial charge is 0.380 e. The summed E-state index contributed by atoms with van der Waals surface area (Å²) in [5, 5.41) is 9.50. The number of halogens is 1. The van der Waals surface area contributed by atoms with Gasteiger partial charge in [-0.25, -0.2) is 14.1 Å². The number of benzene rings is 1. The molecule has 0 bridgehead atoms. The minimum atomic E-state index is -0.415. The van der Waals surface area contributed by atoms with Gasteiger partial charge in [-0.05, 0) is 31.0 Å². The second kappa shape index (κ2) is 7.19. The van der Waals surface area contributed by atoms with Gasteiger partial charge in [-0.15, -0.1) is 0 Å². The van der Waals surface area contributed by atoms with Crippen molar-refractivity contribution in [3.63, 3.8) is 0 Å². The van der Waals surface area contributed by atoms with Crippen LogP contribution in [-0.2, 0) is 16.1 Å². The first kappa shape index (κ1) is 15.4. The van der Waals surface area contributed by atoms with Gasteiger partial charge in [0, 0.05) is 18.8 Å². The van der Waals surface area contributed by atoms with Gasteiger partial charge in [-0.3, -0.25) is 4.79 Å². The molecule has 7 nitrogen and oxygen atoms in total. The molecule has 8 heteroatoms. The van der Waals surface area contributed by atoms with Gasteiger partial charge < -0.3 is 15.4 Å². The third kappa shape index (κ3) is 4.26. The lowest BCUT2D eigenvalue weighted by atomic mass is 10.2. The second-order valence-corrected chi connectivity index (χ2v) is 5.35. The SMILES string of the molecule is O=C(Cn1cncn1)Nc1ccc(NC[C@H]2CCCO2)c(F)c1. The molecule has 23 heavy (non-hydrogen) atoms. The number of hydrogen-bond donors (Lipinski definition) is 2. The Balaban J connectivity index is 1.54. The van der Waals surface area contributed by atoms with Gasteiger partial charge in [0.05, 0.1) is 11.8 Å². The van der Waals surface area contributed by atoms with E-state index >= 15 is 0 Å². The van der Waals surface area contributed by atoms with Crippen LogP contribution in [-0.4, -0.2) is 39.9 Å². The number of nitrogens with zero attached hydrogens (tertiary/aromatic N) is 3. The average molecular weight is 319 g/mol. The number of ether oxygens (including phenoxy) is 1. The number of nitrogens with one attached hydrogen (secondary N) is 2. The molecule has 0 saturated carbocycles. The first-order valence-electron chi connectivity index (χ1n) is 7.48. The topological polar surface area (TPSA) is 81.1 Å². The Bertz CT molecular complexity index is 656. The maximum atomic E-state index is 14.1. The van der Waals surface area contributed by atoms with Crippen molar-refractivity contribution in [3.05, 3.63) is 36.7 Å². The molecule has 2 heterocycles. The lowest BCUT2D eigenvalue weighted by Crippen LogP contribution is -2.20. The molecule has 1 saturated heterocycles. The van der Waals surface area contributed by atoms with E-state index in [0.29, 0.717) is 17.9 Å². The third-order valence-corrected chi connectivity index (χ3v) is 3.57. The van der Waals surface area contributed by atoms with Crippen molar-refractivity contribution >= 4 is 17.3 Å². The van der Waals surface area contributed by atoms with Crippen molar-refractivity contribution in [1.29, 1.82) is 0 Å². The highest BCUT2D eigenvalue weighted by atomic mass is 19.1. The minimum Gasteiger partial charge on any atom is -0.380 e. The van der Waals surface area contributed by atoms with Gasteiger partial charge in [-0.2, -0.15) is 5.10 Å². The maximum absolute atomic E-state index is 14.1. The molecule has 2 aromatic rings. The Morgan fingerprint density at radius 1 is 1.48 bits per heavy atom. The van der Waals surface area contributed by atoms with Crippen LogP contribution in [0.25, 0.3) is 0 Å². The number of carbonyl (C=O) groups excluding carboxylic acids is 1. The molecular weight excluding hydrogens is 301 g/mol. The van der Waals surface area contributed by atoms with Gasteiger partial charge in [-0.1, -0.05) is 0 Å². The van der Waals surface area contributed by atoms with Gasteiger partial charge in [0.2, 0.25) is 5.91 Å². The zero-order valence-corrected chi connectivity index (χ0v) is 12.5. The van der Waals surface area contributed by atoms with E-state index in [0.717, 1.165) is 19.4 Å². The quantitative estimate of drug-likeness (QED) is 0.846. The van der Waals surface area contributed by atoms with E-state index in [2.05, 4.69) is 20.7 Å². The summed E-state index contributed by atoms with van der Waals surface area (Å²) < 4.78 is 20.9. The molecule has 1 aliphatic heterocycles. The van der Waals surface area contributed by atoms with E-state index < -0.39 is 5.82 Å². The monoisotopic (exact) mass is 319 g/mol. The molecule has 2 N–H and O–H groups in total. The van der Waals surface area contributed by atoms with Crippen LogP contribution in [0, 0.1) is 5.82 Å². The highest BCUT2D eigenvalue weighted by molar-refractivity contribution is 5.90. The fourth-order valence-corrected chi connectivity index (χ4v) is 2.43. The highest BCUT2D eigenvalue weighted by Crippen LogP contribution is 2.20. The van der Waals surface area contributed by atoms with Crippen LogP contribution in [0.4, 0.5) is 15.8 Å². The van der Waals surface area contributed by atoms with Crippen LogP contribution in [0.1, 0.15) is 12.8 Å². The molecular formula is C15H18FN5O2. The average Bonchev–Trinajstić information content (AvgIpc) is 3.19.